The van der Waals surface area contributed by atoms with Crippen LogP contribution in [0.5, 0.6) is 0 Å². The molecule has 4 rings (SSSR count). The molecule has 0 aromatic heterocycles. The van der Waals surface area contributed by atoms with Gasteiger partial charge < -0.3 is 10.2 Å². The molecule has 146 valence electrons. The highest BCUT2D eigenvalue weighted by atomic mass is 19.2. The highest BCUT2D eigenvalue weighted by Crippen LogP contribution is 2.39. The van der Waals surface area contributed by atoms with Gasteiger partial charge in [-0.1, -0.05) is 18.2 Å². The smallest absolute Gasteiger partial charge is 0.237 e. The normalized spacial score (nSPS) is 22.2. The standard InChI is InChI=1S/C21H19F3N2O2/c22-13-6-4-12(5-7-13)15-10-11-26(14-8-9-14)21(28)18(15)20(27)25-17-3-1-2-16(23)19(17)24/h1-7,14-15,18H,8-11H2,(H,25,27)/t15-,18+/m1/s1. The molecule has 1 saturated carbocycles. The molecule has 1 N–H and O–H groups in total. The second-order valence-corrected chi connectivity index (χ2v) is 7.28. The summed E-state index contributed by atoms with van der Waals surface area (Å²) in [4.78, 5) is 27.7. The first-order valence-electron chi connectivity index (χ1n) is 9.26. The van der Waals surface area contributed by atoms with E-state index in [0.29, 0.717) is 18.5 Å². The third-order valence-corrected chi connectivity index (χ3v) is 5.41. The van der Waals surface area contributed by atoms with E-state index >= 15 is 0 Å². The first-order chi connectivity index (χ1) is 13.5. The highest BCUT2D eigenvalue weighted by molar-refractivity contribution is 6.07. The lowest BCUT2D eigenvalue weighted by Crippen LogP contribution is -2.50. The third kappa shape index (κ3) is 3.48. The SMILES string of the molecule is O=C(Nc1cccc(F)c1F)[C@H]1C(=O)N(C2CC2)CC[C@@H]1c1ccc(F)cc1. The van der Waals surface area contributed by atoms with Crippen LogP contribution >= 0.6 is 0 Å². The van der Waals surface area contributed by atoms with E-state index < -0.39 is 35.2 Å². The number of halogens is 3. The van der Waals surface area contributed by atoms with Crippen molar-refractivity contribution >= 4 is 17.5 Å². The van der Waals surface area contributed by atoms with E-state index in [0.717, 1.165) is 18.9 Å². The fourth-order valence-corrected chi connectivity index (χ4v) is 3.83. The van der Waals surface area contributed by atoms with Crippen LogP contribution in [0.2, 0.25) is 0 Å². The van der Waals surface area contributed by atoms with Crippen LogP contribution < -0.4 is 5.32 Å². The van der Waals surface area contributed by atoms with Gasteiger partial charge in [0.15, 0.2) is 11.6 Å². The zero-order chi connectivity index (χ0) is 19.8. The molecule has 1 aliphatic carbocycles. The van der Waals surface area contributed by atoms with Crippen molar-refractivity contribution < 1.29 is 22.8 Å². The van der Waals surface area contributed by atoms with Gasteiger partial charge in [0, 0.05) is 18.5 Å². The van der Waals surface area contributed by atoms with Crippen LogP contribution in [0.4, 0.5) is 18.9 Å². The number of nitrogens with zero attached hydrogens (tertiary/aromatic N) is 1. The monoisotopic (exact) mass is 388 g/mol. The Kier molecular flexibility index (Phi) is 4.83. The summed E-state index contributed by atoms with van der Waals surface area (Å²) in [5.41, 5.74) is 0.365. The van der Waals surface area contributed by atoms with E-state index in [-0.39, 0.29) is 17.6 Å². The molecule has 2 fully saturated rings. The van der Waals surface area contributed by atoms with Crippen molar-refractivity contribution in [3.05, 3.63) is 65.5 Å². The van der Waals surface area contributed by atoms with Gasteiger partial charge in [-0.3, -0.25) is 9.59 Å². The summed E-state index contributed by atoms with van der Waals surface area (Å²) in [6.07, 6.45) is 2.34. The van der Waals surface area contributed by atoms with Crippen LogP contribution in [-0.4, -0.2) is 29.3 Å². The number of anilines is 1. The Bertz CT molecular complexity index is 912. The van der Waals surface area contributed by atoms with E-state index in [1.165, 1.54) is 24.3 Å². The van der Waals surface area contributed by atoms with E-state index in [1.807, 2.05) is 0 Å². The fourth-order valence-electron chi connectivity index (χ4n) is 3.83. The molecule has 1 heterocycles. The average molecular weight is 388 g/mol. The van der Waals surface area contributed by atoms with Gasteiger partial charge in [0.2, 0.25) is 11.8 Å². The Morgan fingerprint density at radius 3 is 2.39 bits per heavy atom. The van der Waals surface area contributed by atoms with Crippen molar-refractivity contribution in [1.29, 1.82) is 0 Å². The van der Waals surface area contributed by atoms with Crippen molar-refractivity contribution in [2.24, 2.45) is 5.92 Å². The Balaban J connectivity index is 1.64. The first-order valence-corrected chi connectivity index (χ1v) is 9.26. The summed E-state index contributed by atoms with van der Waals surface area (Å²) in [7, 11) is 0. The molecule has 28 heavy (non-hydrogen) atoms. The summed E-state index contributed by atoms with van der Waals surface area (Å²) in [5, 5.41) is 2.37. The summed E-state index contributed by atoms with van der Waals surface area (Å²) in [5.74, 6) is -5.21. The zero-order valence-electron chi connectivity index (χ0n) is 15.0. The molecule has 2 aromatic rings. The molecule has 4 nitrogen and oxygen atoms in total. The number of carbonyl (C=O) groups excluding carboxylic acids is 2. The zero-order valence-corrected chi connectivity index (χ0v) is 15.0. The maximum absolute atomic E-state index is 14.0. The molecule has 2 atom stereocenters. The van der Waals surface area contributed by atoms with Gasteiger partial charge in [0.25, 0.3) is 0 Å². The number of rotatable bonds is 4. The van der Waals surface area contributed by atoms with E-state index in [9.17, 15) is 22.8 Å². The van der Waals surface area contributed by atoms with Crippen LogP contribution in [0.25, 0.3) is 0 Å². The number of nitrogens with one attached hydrogen (secondary N) is 1. The van der Waals surface area contributed by atoms with Gasteiger partial charge in [-0.05, 0) is 49.1 Å². The van der Waals surface area contributed by atoms with Gasteiger partial charge in [-0.25, -0.2) is 13.2 Å². The van der Waals surface area contributed by atoms with Crippen LogP contribution in [0, 0.1) is 23.4 Å². The number of likely N-dealkylation sites (tertiary alicyclic amines) is 1. The predicted octanol–water partition coefficient (Wildman–Crippen LogP) is 3.84. The second kappa shape index (κ2) is 7.30. The number of hydrogen-bond donors (Lipinski definition) is 1. The molecule has 1 aliphatic heterocycles. The first kappa shape index (κ1) is 18.5. The van der Waals surface area contributed by atoms with Crippen molar-refractivity contribution in [3.8, 4) is 0 Å². The minimum absolute atomic E-state index is 0.142. The molecule has 0 radical (unpaired) electrons. The van der Waals surface area contributed by atoms with Gasteiger partial charge in [0.05, 0.1) is 5.69 Å². The van der Waals surface area contributed by atoms with Gasteiger partial charge in [-0.2, -0.15) is 0 Å². The largest absolute Gasteiger partial charge is 0.339 e. The Labute approximate surface area is 160 Å². The van der Waals surface area contributed by atoms with E-state index in [2.05, 4.69) is 5.32 Å². The second-order valence-electron chi connectivity index (χ2n) is 7.28. The molecule has 2 aliphatic rings. The Morgan fingerprint density at radius 1 is 1.00 bits per heavy atom. The lowest BCUT2D eigenvalue weighted by molar-refractivity contribution is -0.145. The number of piperidine rings is 1. The highest BCUT2D eigenvalue weighted by Gasteiger charge is 2.46. The molecular weight excluding hydrogens is 369 g/mol. The topological polar surface area (TPSA) is 49.4 Å². The summed E-state index contributed by atoms with van der Waals surface area (Å²) in [6, 6.07) is 9.31. The van der Waals surface area contributed by atoms with Gasteiger partial charge in [-0.15, -0.1) is 0 Å². The molecular formula is C21H19F3N2O2. The molecule has 0 bridgehead atoms. The summed E-state index contributed by atoms with van der Waals surface area (Å²) < 4.78 is 40.7. The van der Waals surface area contributed by atoms with Crippen molar-refractivity contribution in [2.45, 2.75) is 31.2 Å². The third-order valence-electron chi connectivity index (χ3n) is 5.41. The minimum atomic E-state index is -1.17. The molecule has 0 unspecified atom stereocenters. The fraction of sp³-hybridized carbons (Fsp3) is 0.333. The number of benzene rings is 2. The maximum atomic E-state index is 14.0. The van der Waals surface area contributed by atoms with Crippen LogP contribution in [0.1, 0.15) is 30.7 Å². The number of carbonyl (C=O) groups is 2. The van der Waals surface area contributed by atoms with Crippen LogP contribution in [0.3, 0.4) is 0 Å². The molecule has 7 heteroatoms. The average Bonchev–Trinajstić information content (AvgIpc) is 3.51. The van der Waals surface area contributed by atoms with Crippen molar-refractivity contribution in [3.63, 3.8) is 0 Å². The summed E-state index contributed by atoms with van der Waals surface area (Å²) in [6.45, 7) is 0.518. The molecule has 0 spiro atoms. The lowest BCUT2D eigenvalue weighted by atomic mass is 9.79. The molecule has 2 amide bonds. The summed E-state index contributed by atoms with van der Waals surface area (Å²) >= 11 is 0. The quantitative estimate of drug-likeness (QED) is 0.810. The molecule has 1 saturated heterocycles. The van der Waals surface area contributed by atoms with Crippen LogP contribution in [0.15, 0.2) is 42.5 Å². The minimum Gasteiger partial charge on any atom is -0.339 e. The van der Waals surface area contributed by atoms with Gasteiger partial charge in [0.1, 0.15) is 11.7 Å². The molecule has 2 aromatic carbocycles. The Morgan fingerprint density at radius 2 is 1.71 bits per heavy atom. The predicted molar refractivity (Wildman–Crippen MR) is 97.0 cm³/mol. The maximum Gasteiger partial charge on any atom is 0.237 e. The van der Waals surface area contributed by atoms with Crippen LogP contribution in [-0.2, 0) is 9.59 Å². The van der Waals surface area contributed by atoms with Crippen molar-refractivity contribution in [1.82, 2.24) is 4.90 Å². The number of hydrogen-bond acceptors (Lipinski definition) is 2. The number of amides is 2. The Hall–Kier alpha value is -2.83. The van der Waals surface area contributed by atoms with Crippen molar-refractivity contribution in [2.75, 3.05) is 11.9 Å². The lowest BCUT2D eigenvalue weighted by Gasteiger charge is -2.37. The van der Waals surface area contributed by atoms with E-state index in [1.54, 1.807) is 17.0 Å². The van der Waals surface area contributed by atoms with Gasteiger partial charge >= 0.3 is 0 Å². The van der Waals surface area contributed by atoms with E-state index in [4.69, 9.17) is 0 Å².